The molecule has 0 unspecified atom stereocenters. The number of ketones is 1. The number of carbonyl (C=O) groups is 1. The van der Waals surface area contributed by atoms with Gasteiger partial charge in [-0.1, -0.05) is 12.1 Å². The minimum atomic E-state index is -0.707. The number of aromatic nitrogens is 3. The minimum Gasteiger partial charge on any atom is -0.390 e. The van der Waals surface area contributed by atoms with Crippen LogP contribution >= 0.6 is 15.9 Å². The van der Waals surface area contributed by atoms with Gasteiger partial charge in [-0.25, -0.2) is 0 Å². The van der Waals surface area contributed by atoms with E-state index in [4.69, 9.17) is 0 Å². The van der Waals surface area contributed by atoms with Crippen molar-refractivity contribution in [1.82, 2.24) is 14.8 Å². The number of hydrogen-bond acceptors (Lipinski definition) is 5. The van der Waals surface area contributed by atoms with Crippen LogP contribution in [0.3, 0.4) is 0 Å². The summed E-state index contributed by atoms with van der Waals surface area (Å²) in [6, 6.07) is 5.38. The summed E-state index contributed by atoms with van der Waals surface area (Å²) in [4.78, 5) is 25.6. The van der Waals surface area contributed by atoms with Gasteiger partial charge in [0.05, 0.1) is 0 Å². The molecule has 0 spiro atoms. The average molecular weight is 339 g/mol. The van der Waals surface area contributed by atoms with Gasteiger partial charge >= 0.3 is 5.95 Å². The molecule has 104 valence electrons. The molecule has 1 aromatic heterocycles. The highest BCUT2D eigenvalue weighted by Crippen LogP contribution is 2.15. The number of halogens is 1. The van der Waals surface area contributed by atoms with Crippen molar-refractivity contribution in [2.45, 2.75) is 20.4 Å². The Morgan fingerprint density at radius 2 is 2.10 bits per heavy atom. The van der Waals surface area contributed by atoms with Crippen molar-refractivity contribution in [3.63, 3.8) is 0 Å². The van der Waals surface area contributed by atoms with Crippen LogP contribution < -0.4 is 0 Å². The first-order valence-electron chi connectivity index (χ1n) is 5.73. The molecular formula is C12H11BrN4O3. The number of rotatable bonds is 4. The summed E-state index contributed by atoms with van der Waals surface area (Å²) in [5, 5.41) is 14.2. The summed E-state index contributed by atoms with van der Waals surface area (Å²) in [6.45, 7) is 3.77. The molecule has 0 fully saturated rings. The zero-order valence-corrected chi connectivity index (χ0v) is 12.4. The molecule has 0 radical (unpaired) electrons. The van der Waals surface area contributed by atoms with Gasteiger partial charge in [0, 0.05) is 26.6 Å². The predicted octanol–water partition coefficient (Wildman–Crippen LogP) is 2.45. The Bertz CT molecular complexity index is 696. The van der Waals surface area contributed by atoms with E-state index in [0.29, 0.717) is 5.56 Å². The van der Waals surface area contributed by atoms with Gasteiger partial charge in [0.15, 0.2) is 5.78 Å². The molecule has 0 aliphatic carbocycles. The van der Waals surface area contributed by atoms with Crippen molar-refractivity contribution in [3.8, 4) is 0 Å². The van der Waals surface area contributed by atoms with Crippen LogP contribution in [0.5, 0.6) is 0 Å². The zero-order chi connectivity index (χ0) is 14.9. The maximum absolute atomic E-state index is 12.1. The number of nitro groups is 1. The molecule has 0 aliphatic rings. The largest absolute Gasteiger partial charge is 0.492 e. The molecule has 0 atom stereocenters. The van der Waals surface area contributed by atoms with Crippen molar-refractivity contribution in [3.05, 3.63) is 49.7 Å². The van der Waals surface area contributed by atoms with Gasteiger partial charge in [-0.3, -0.25) is 4.79 Å². The molecule has 8 heteroatoms. The molecule has 0 aliphatic heterocycles. The van der Waals surface area contributed by atoms with Crippen LogP contribution in [0.1, 0.15) is 21.5 Å². The van der Waals surface area contributed by atoms with Crippen LogP contribution in [-0.4, -0.2) is 25.5 Å². The number of Topliss-reactive ketones (excluding diaryl/α,β-unsaturated/α-hetero) is 1. The zero-order valence-electron chi connectivity index (χ0n) is 10.8. The third-order valence-electron chi connectivity index (χ3n) is 2.90. The van der Waals surface area contributed by atoms with Crippen LogP contribution in [0.4, 0.5) is 5.95 Å². The highest BCUT2D eigenvalue weighted by Gasteiger charge is 2.21. The Labute approximate surface area is 122 Å². The fourth-order valence-electron chi connectivity index (χ4n) is 1.63. The van der Waals surface area contributed by atoms with Gasteiger partial charge in [0.25, 0.3) is 4.73 Å². The Hall–Kier alpha value is -2.09. The van der Waals surface area contributed by atoms with E-state index < -0.39 is 10.9 Å². The quantitative estimate of drug-likeness (QED) is 0.485. The van der Waals surface area contributed by atoms with E-state index in [0.717, 1.165) is 15.8 Å². The highest BCUT2D eigenvalue weighted by molar-refractivity contribution is 9.10. The SMILES string of the molecule is Cc1ccc(C(=O)Cn2nc([N+](=O)[O-])nc2Br)cc1C. The van der Waals surface area contributed by atoms with E-state index >= 15 is 0 Å². The Kier molecular flexibility index (Phi) is 3.93. The molecule has 0 saturated heterocycles. The second kappa shape index (κ2) is 5.49. The van der Waals surface area contributed by atoms with Crippen LogP contribution in [0.25, 0.3) is 0 Å². The Morgan fingerprint density at radius 3 is 2.65 bits per heavy atom. The van der Waals surface area contributed by atoms with E-state index in [1.54, 1.807) is 12.1 Å². The molecule has 0 amide bonds. The lowest BCUT2D eigenvalue weighted by Gasteiger charge is -2.03. The molecule has 0 saturated carbocycles. The van der Waals surface area contributed by atoms with Crippen LogP contribution in [0.2, 0.25) is 0 Å². The lowest BCUT2D eigenvalue weighted by Crippen LogP contribution is -2.12. The number of aryl methyl sites for hydroxylation is 2. The number of nitrogens with zero attached hydrogens (tertiary/aromatic N) is 4. The normalized spacial score (nSPS) is 10.6. The third-order valence-corrected chi connectivity index (χ3v) is 3.49. The van der Waals surface area contributed by atoms with Gasteiger partial charge < -0.3 is 10.1 Å². The van der Waals surface area contributed by atoms with E-state index in [-0.39, 0.29) is 17.1 Å². The molecular weight excluding hydrogens is 328 g/mol. The summed E-state index contributed by atoms with van der Waals surface area (Å²) in [5.74, 6) is -0.724. The molecule has 1 aromatic carbocycles. The molecule has 7 nitrogen and oxygen atoms in total. The van der Waals surface area contributed by atoms with Gasteiger partial charge in [-0.2, -0.15) is 4.68 Å². The van der Waals surface area contributed by atoms with Crippen LogP contribution in [-0.2, 0) is 6.54 Å². The second-order valence-corrected chi connectivity index (χ2v) is 5.03. The maximum atomic E-state index is 12.1. The lowest BCUT2D eigenvalue weighted by atomic mass is 10.0. The molecule has 20 heavy (non-hydrogen) atoms. The van der Waals surface area contributed by atoms with Crippen molar-refractivity contribution in [1.29, 1.82) is 0 Å². The first kappa shape index (κ1) is 14.3. The Morgan fingerprint density at radius 1 is 1.40 bits per heavy atom. The van der Waals surface area contributed by atoms with Crippen LogP contribution in [0, 0.1) is 24.0 Å². The smallest absolute Gasteiger partial charge is 0.390 e. The van der Waals surface area contributed by atoms with Crippen molar-refractivity contribution >= 4 is 27.7 Å². The first-order chi connectivity index (χ1) is 9.38. The maximum Gasteiger partial charge on any atom is 0.492 e. The predicted molar refractivity (Wildman–Crippen MR) is 74.6 cm³/mol. The molecule has 1 heterocycles. The van der Waals surface area contributed by atoms with Crippen molar-refractivity contribution in [2.75, 3.05) is 0 Å². The monoisotopic (exact) mass is 338 g/mol. The lowest BCUT2D eigenvalue weighted by molar-refractivity contribution is -0.394. The first-order valence-corrected chi connectivity index (χ1v) is 6.53. The summed E-state index contributed by atoms with van der Waals surface area (Å²) in [7, 11) is 0. The summed E-state index contributed by atoms with van der Waals surface area (Å²) < 4.78 is 1.32. The van der Waals surface area contributed by atoms with E-state index in [1.165, 1.54) is 0 Å². The topological polar surface area (TPSA) is 90.9 Å². The fourth-order valence-corrected chi connectivity index (χ4v) is 2.00. The number of hydrogen-bond donors (Lipinski definition) is 0. The second-order valence-electron chi connectivity index (χ2n) is 4.32. The summed E-state index contributed by atoms with van der Waals surface area (Å²) in [5.41, 5.74) is 2.65. The minimum absolute atomic E-state index is 0.107. The van der Waals surface area contributed by atoms with Crippen molar-refractivity contribution < 1.29 is 9.72 Å². The molecule has 2 aromatic rings. The third kappa shape index (κ3) is 2.90. The highest BCUT2D eigenvalue weighted by atomic mass is 79.9. The van der Waals surface area contributed by atoms with Gasteiger partial charge in [0.2, 0.25) is 0 Å². The number of benzene rings is 1. The van der Waals surface area contributed by atoms with E-state index in [2.05, 4.69) is 26.0 Å². The number of carbonyl (C=O) groups excluding carboxylic acids is 1. The molecule has 0 bridgehead atoms. The van der Waals surface area contributed by atoms with Crippen molar-refractivity contribution in [2.24, 2.45) is 0 Å². The van der Waals surface area contributed by atoms with Crippen LogP contribution in [0.15, 0.2) is 22.9 Å². The summed E-state index contributed by atoms with van der Waals surface area (Å²) in [6.07, 6.45) is 0. The molecule has 0 N–H and O–H groups in total. The average Bonchev–Trinajstić information content (AvgIpc) is 2.74. The Balaban J connectivity index is 2.23. The molecule has 2 rings (SSSR count). The van der Waals surface area contributed by atoms with Gasteiger partial charge in [-0.05, 0) is 40.9 Å². The van der Waals surface area contributed by atoms with Gasteiger partial charge in [-0.15, -0.1) is 0 Å². The van der Waals surface area contributed by atoms with E-state index in [1.807, 2.05) is 19.9 Å². The fraction of sp³-hybridized carbons (Fsp3) is 0.250. The van der Waals surface area contributed by atoms with Gasteiger partial charge in [0.1, 0.15) is 6.54 Å². The van der Waals surface area contributed by atoms with E-state index in [9.17, 15) is 14.9 Å². The standard InChI is InChI=1S/C12H11BrN4O3/c1-7-3-4-9(5-8(7)2)10(18)6-16-11(13)14-12(15-16)17(19)20/h3-5H,6H2,1-2H3. The summed E-state index contributed by atoms with van der Waals surface area (Å²) >= 11 is 3.05.